The minimum atomic E-state index is -4.82. The molecule has 130 valence electrons. The lowest BCUT2D eigenvalue weighted by molar-refractivity contribution is -0.141. The zero-order chi connectivity index (χ0) is 17.9. The lowest BCUT2D eigenvalue weighted by atomic mass is 10.2. The average Bonchev–Trinajstić information content (AvgIpc) is 2.91. The second-order valence-electron chi connectivity index (χ2n) is 4.42. The number of carbonyl (C=O) groups excluding carboxylic acids is 1. The molecule has 0 radical (unpaired) electrons. The topological polar surface area (TPSA) is 53.4 Å². The first-order valence-electron chi connectivity index (χ1n) is 6.62. The number of nitrogens with zero attached hydrogens (tertiary/aromatic N) is 2. The SMILES string of the molecule is CCOC(=O)c1ccc(-n2nc(C(F)(F)F)cc2OC(F)F)cc1. The summed E-state index contributed by atoms with van der Waals surface area (Å²) in [4.78, 5) is 11.5. The van der Waals surface area contributed by atoms with E-state index in [1.165, 1.54) is 24.3 Å². The highest BCUT2D eigenvalue weighted by Crippen LogP contribution is 2.32. The highest BCUT2D eigenvalue weighted by atomic mass is 19.4. The van der Waals surface area contributed by atoms with Crippen LogP contribution >= 0.6 is 0 Å². The minimum Gasteiger partial charge on any atom is -0.462 e. The van der Waals surface area contributed by atoms with Crippen LogP contribution in [0.2, 0.25) is 0 Å². The van der Waals surface area contributed by atoms with Crippen LogP contribution in [0.15, 0.2) is 30.3 Å². The molecule has 2 aromatic rings. The van der Waals surface area contributed by atoms with E-state index in [4.69, 9.17) is 4.74 Å². The maximum absolute atomic E-state index is 12.7. The van der Waals surface area contributed by atoms with Gasteiger partial charge in [-0.15, -0.1) is 0 Å². The average molecular weight is 350 g/mol. The highest BCUT2D eigenvalue weighted by Gasteiger charge is 2.36. The highest BCUT2D eigenvalue weighted by molar-refractivity contribution is 5.89. The molecule has 1 aromatic carbocycles. The van der Waals surface area contributed by atoms with Gasteiger partial charge in [-0.3, -0.25) is 0 Å². The molecule has 1 aromatic heterocycles. The Morgan fingerprint density at radius 2 is 1.88 bits per heavy atom. The molecule has 10 heteroatoms. The van der Waals surface area contributed by atoms with Crippen molar-refractivity contribution in [3.63, 3.8) is 0 Å². The maximum atomic E-state index is 12.7. The number of ether oxygens (including phenoxy) is 2. The second kappa shape index (κ2) is 6.85. The van der Waals surface area contributed by atoms with Crippen molar-refractivity contribution in [2.24, 2.45) is 0 Å². The number of alkyl halides is 5. The van der Waals surface area contributed by atoms with Gasteiger partial charge in [0, 0.05) is 6.07 Å². The lowest BCUT2D eigenvalue weighted by Crippen LogP contribution is -2.09. The molecular weight excluding hydrogens is 339 g/mol. The number of hydrogen-bond acceptors (Lipinski definition) is 4. The number of halogens is 5. The Labute approximate surface area is 132 Å². The molecule has 1 heterocycles. The van der Waals surface area contributed by atoms with Crippen LogP contribution in [0.1, 0.15) is 23.0 Å². The van der Waals surface area contributed by atoms with Crippen molar-refractivity contribution in [3.05, 3.63) is 41.6 Å². The first-order valence-corrected chi connectivity index (χ1v) is 6.62. The molecule has 0 bridgehead atoms. The van der Waals surface area contributed by atoms with E-state index in [-0.39, 0.29) is 17.9 Å². The first-order chi connectivity index (χ1) is 11.2. The van der Waals surface area contributed by atoms with Gasteiger partial charge in [-0.2, -0.15) is 27.1 Å². The van der Waals surface area contributed by atoms with Crippen LogP contribution in [0.5, 0.6) is 5.88 Å². The molecule has 0 N–H and O–H groups in total. The third kappa shape index (κ3) is 4.00. The number of aromatic nitrogens is 2. The van der Waals surface area contributed by atoms with Gasteiger partial charge in [0.25, 0.3) is 0 Å². The van der Waals surface area contributed by atoms with E-state index >= 15 is 0 Å². The summed E-state index contributed by atoms with van der Waals surface area (Å²) in [6.45, 7) is -1.55. The van der Waals surface area contributed by atoms with Gasteiger partial charge in [0.2, 0.25) is 5.88 Å². The Bertz CT molecular complexity index is 710. The van der Waals surface area contributed by atoms with Crippen molar-refractivity contribution in [1.29, 1.82) is 0 Å². The fourth-order valence-electron chi connectivity index (χ4n) is 1.82. The summed E-state index contributed by atoms with van der Waals surface area (Å²) < 4.78 is 72.3. The van der Waals surface area contributed by atoms with Crippen LogP contribution in [0.25, 0.3) is 5.69 Å². The van der Waals surface area contributed by atoms with E-state index in [2.05, 4.69) is 9.84 Å². The standard InChI is InChI=1S/C14H11F5N2O3/c1-2-23-12(22)8-3-5-9(6-4-8)21-11(24-13(15)16)7-10(20-21)14(17,18)19/h3-7,13H,2H2,1H3. The largest absolute Gasteiger partial charge is 0.462 e. The van der Waals surface area contributed by atoms with E-state index in [9.17, 15) is 26.7 Å². The van der Waals surface area contributed by atoms with E-state index in [0.717, 1.165) is 0 Å². The summed E-state index contributed by atoms with van der Waals surface area (Å²) >= 11 is 0. The zero-order valence-electron chi connectivity index (χ0n) is 12.2. The van der Waals surface area contributed by atoms with Crippen molar-refractivity contribution in [1.82, 2.24) is 9.78 Å². The Morgan fingerprint density at radius 3 is 2.38 bits per heavy atom. The van der Waals surface area contributed by atoms with Gasteiger partial charge in [0.05, 0.1) is 17.9 Å². The molecule has 0 fully saturated rings. The van der Waals surface area contributed by atoms with Gasteiger partial charge in [-0.25, -0.2) is 9.48 Å². The van der Waals surface area contributed by atoms with Crippen LogP contribution in [-0.4, -0.2) is 29.0 Å². The number of carbonyl (C=O) groups is 1. The molecule has 2 rings (SSSR count). The van der Waals surface area contributed by atoms with Crippen molar-refractivity contribution < 1.29 is 36.2 Å². The van der Waals surface area contributed by atoms with Crippen LogP contribution < -0.4 is 4.74 Å². The summed E-state index contributed by atoms with van der Waals surface area (Å²) in [6.07, 6.45) is -4.82. The Hall–Kier alpha value is -2.65. The van der Waals surface area contributed by atoms with Gasteiger partial charge in [-0.05, 0) is 31.2 Å². The first kappa shape index (κ1) is 17.7. The molecule has 0 amide bonds. The summed E-state index contributed by atoms with van der Waals surface area (Å²) in [5.41, 5.74) is -1.22. The van der Waals surface area contributed by atoms with E-state index in [1.54, 1.807) is 6.92 Å². The van der Waals surface area contributed by atoms with Crippen LogP contribution in [0.4, 0.5) is 22.0 Å². The normalized spacial score (nSPS) is 11.6. The fourth-order valence-corrected chi connectivity index (χ4v) is 1.82. The Morgan fingerprint density at radius 1 is 1.25 bits per heavy atom. The van der Waals surface area contributed by atoms with E-state index < -0.39 is 30.3 Å². The molecule has 5 nitrogen and oxygen atoms in total. The molecule has 0 unspecified atom stereocenters. The van der Waals surface area contributed by atoms with Gasteiger partial charge >= 0.3 is 18.8 Å². The second-order valence-corrected chi connectivity index (χ2v) is 4.42. The molecule has 0 saturated heterocycles. The van der Waals surface area contributed by atoms with Gasteiger partial charge < -0.3 is 9.47 Å². The van der Waals surface area contributed by atoms with Crippen LogP contribution in [-0.2, 0) is 10.9 Å². The molecule has 0 aliphatic rings. The molecular formula is C14H11F5N2O3. The lowest BCUT2D eigenvalue weighted by Gasteiger charge is -2.08. The van der Waals surface area contributed by atoms with Crippen LogP contribution in [0, 0.1) is 0 Å². The summed E-state index contributed by atoms with van der Waals surface area (Å²) in [5, 5.41) is 3.23. The minimum absolute atomic E-state index is 0.00852. The summed E-state index contributed by atoms with van der Waals surface area (Å²) in [7, 11) is 0. The summed E-state index contributed by atoms with van der Waals surface area (Å²) in [5.74, 6) is -1.40. The van der Waals surface area contributed by atoms with Crippen molar-refractivity contribution in [2.75, 3.05) is 6.61 Å². The molecule has 0 aliphatic carbocycles. The third-order valence-electron chi connectivity index (χ3n) is 2.80. The Balaban J connectivity index is 2.39. The van der Waals surface area contributed by atoms with E-state index in [0.29, 0.717) is 10.7 Å². The van der Waals surface area contributed by atoms with Crippen LogP contribution in [0.3, 0.4) is 0 Å². The zero-order valence-corrected chi connectivity index (χ0v) is 12.2. The van der Waals surface area contributed by atoms with Crippen molar-refractivity contribution >= 4 is 5.97 Å². The molecule has 0 atom stereocenters. The predicted octanol–water partition coefficient (Wildman–Crippen LogP) is 3.67. The number of hydrogen-bond donors (Lipinski definition) is 0. The quantitative estimate of drug-likeness (QED) is 0.610. The van der Waals surface area contributed by atoms with Gasteiger partial charge in [-0.1, -0.05) is 0 Å². The van der Waals surface area contributed by atoms with E-state index in [1.807, 2.05) is 0 Å². The molecule has 24 heavy (non-hydrogen) atoms. The molecule has 0 aliphatic heterocycles. The number of benzene rings is 1. The Kier molecular flexibility index (Phi) is 5.05. The third-order valence-corrected chi connectivity index (χ3v) is 2.80. The smallest absolute Gasteiger partial charge is 0.435 e. The predicted molar refractivity (Wildman–Crippen MR) is 71.2 cm³/mol. The monoisotopic (exact) mass is 350 g/mol. The van der Waals surface area contributed by atoms with Gasteiger partial charge in [0.1, 0.15) is 0 Å². The fraction of sp³-hybridized carbons (Fsp3) is 0.286. The van der Waals surface area contributed by atoms with Crippen molar-refractivity contribution in [3.8, 4) is 11.6 Å². The molecule has 0 saturated carbocycles. The van der Waals surface area contributed by atoms with Gasteiger partial charge in [0.15, 0.2) is 5.69 Å². The van der Waals surface area contributed by atoms with Crippen molar-refractivity contribution in [2.45, 2.75) is 19.7 Å². The number of rotatable bonds is 5. The maximum Gasteiger partial charge on any atom is 0.435 e. The number of esters is 1. The molecule has 0 spiro atoms. The summed E-state index contributed by atoms with van der Waals surface area (Å²) in [6, 6.07) is 5.38.